The van der Waals surface area contributed by atoms with Crippen LogP contribution in [0.2, 0.25) is 0 Å². The molecule has 0 spiro atoms. The van der Waals surface area contributed by atoms with Crippen LogP contribution in [0.4, 0.5) is 11.4 Å². The van der Waals surface area contributed by atoms with Gasteiger partial charge >= 0.3 is 0 Å². The number of carbonyl (C=O) groups is 3. The number of Topliss-reactive ketones (excluding diaryl/α,β-unsaturated/α-hetero) is 1. The molecule has 4 rings (SSSR count). The highest BCUT2D eigenvalue weighted by molar-refractivity contribution is 6.11. The van der Waals surface area contributed by atoms with Gasteiger partial charge in [-0.15, -0.1) is 0 Å². The highest BCUT2D eigenvalue weighted by Gasteiger charge is 2.29. The first kappa shape index (κ1) is 17.5. The molecule has 1 aliphatic carbocycles. The molecule has 0 bridgehead atoms. The van der Waals surface area contributed by atoms with Gasteiger partial charge in [0.05, 0.1) is 17.3 Å². The van der Waals surface area contributed by atoms with E-state index in [0.29, 0.717) is 29.9 Å². The minimum atomic E-state index is -0.316. The number of rotatable bonds is 1. The average molecular weight is 362 g/mol. The van der Waals surface area contributed by atoms with Gasteiger partial charge in [0.15, 0.2) is 5.78 Å². The van der Waals surface area contributed by atoms with Gasteiger partial charge in [-0.1, -0.05) is 25.1 Å². The number of benzene rings is 2. The zero-order valence-electron chi connectivity index (χ0n) is 15.3. The van der Waals surface area contributed by atoms with Crippen molar-refractivity contribution in [2.24, 2.45) is 5.92 Å². The summed E-state index contributed by atoms with van der Waals surface area (Å²) in [6.45, 7) is 2.13. The number of para-hydroxylation sites is 2. The number of nitrogens with zero attached hydrogens (tertiary/aromatic N) is 1. The first-order valence-corrected chi connectivity index (χ1v) is 9.42. The fourth-order valence-corrected chi connectivity index (χ4v) is 3.82. The second-order valence-electron chi connectivity index (χ2n) is 7.33. The topological polar surface area (TPSA) is 66.5 Å². The highest BCUT2D eigenvalue weighted by atomic mass is 16.2. The van der Waals surface area contributed by atoms with Crippen LogP contribution in [-0.4, -0.2) is 24.1 Å². The van der Waals surface area contributed by atoms with Crippen LogP contribution >= 0.6 is 0 Å². The molecule has 5 nitrogen and oxygen atoms in total. The Labute approximate surface area is 158 Å². The molecule has 1 unspecified atom stereocenters. The van der Waals surface area contributed by atoms with E-state index in [0.717, 1.165) is 30.4 Å². The van der Waals surface area contributed by atoms with Gasteiger partial charge in [0.1, 0.15) is 0 Å². The van der Waals surface area contributed by atoms with E-state index in [1.165, 1.54) is 0 Å². The van der Waals surface area contributed by atoms with Crippen LogP contribution in [0.3, 0.4) is 0 Å². The number of fused-ring (bicyclic) bond motifs is 2. The number of carbonyl (C=O) groups excluding carboxylic acids is 3. The standard InChI is InChI=1S/C22H22N2O3/c1-14-13-24(19-8-4-3-7-18(19)23-21(14)26)22(27)16-10-11-17-15(12-16)6-2-5-9-20(17)25/h3-4,7-8,10-12,14H,2,5-6,9,13H2,1H3,(H,23,26). The Morgan fingerprint density at radius 1 is 1.07 bits per heavy atom. The van der Waals surface area contributed by atoms with Crippen LogP contribution in [0.1, 0.15) is 52.5 Å². The van der Waals surface area contributed by atoms with Crippen LogP contribution in [-0.2, 0) is 11.2 Å². The van der Waals surface area contributed by atoms with Crippen molar-refractivity contribution in [3.05, 3.63) is 59.2 Å². The summed E-state index contributed by atoms with van der Waals surface area (Å²) < 4.78 is 0. The van der Waals surface area contributed by atoms with Gasteiger partial charge in [-0.3, -0.25) is 14.4 Å². The van der Waals surface area contributed by atoms with Gasteiger partial charge < -0.3 is 10.2 Å². The van der Waals surface area contributed by atoms with E-state index in [4.69, 9.17) is 0 Å². The van der Waals surface area contributed by atoms with Crippen molar-refractivity contribution >= 4 is 29.0 Å². The molecule has 1 N–H and O–H groups in total. The number of ketones is 1. The number of hydrogen-bond donors (Lipinski definition) is 1. The van der Waals surface area contributed by atoms with Crippen molar-refractivity contribution in [2.75, 3.05) is 16.8 Å². The summed E-state index contributed by atoms with van der Waals surface area (Å²) >= 11 is 0. The van der Waals surface area contributed by atoms with Crippen molar-refractivity contribution in [1.29, 1.82) is 0 Å². The third-order valence-corrected chi connectivity index (χ3v) is 5.35. The molecule has 0 saturated carbocycles. The number of aryl methyl sites for hydroxylation is 1. The molecule has 0 aromatic heterocycles. The Kier molecular flexibility index (Phi) is 4.52. The maximum atomic E-state index is 13.3. The first-order chi connectivity index (χ1) is 13.0. The monoisotopic (exact) mass is 362 g/mol. The molecular formula is C22H22N2O3. The molecule has 1 aliphatic heterocycles. The summed E-state index contributed by atoms with van der Waals surface area (Å²) in [5, 5.41) is 2.89. The van der Waals surface area contributed by atoms with E-state index in [1.807, 2.05) is 31.2 Å². The van der Waals surface area contributed by atoms with Gasteiger partial charge in [0.2, 0.25) is 5.91 Å². The number of anilines is 2. The van der Waals surface area contributed by atoms with Crippen LogP contribution < -0.4 is 10.2 Å². The lowest BCUT2D eigenvalue weighted by molar-refractivity contribution is -0.119. The normalized spacial score (nSPS) is 19.4. The van der Waals surface area contributed by atoms with E-state index in [1.54, 1.807) is 23.1 Å². The van der Waals surface area contributed by atoms with Crippen LogP contribution in [0, 0.1) is 5.92 Å². The minimum Gasteiger partial charge on any atom is -0.324 e. The molecule has 2 aliphatic rings. The van der Waals surface area contributed by atoms with Gasteiger partial charge in [-0.2, -0.15) is 0 Å². The van der Waals surface area contributed by atoms with E-state index in [2.05, 4.69) is 5.32 Å². The van der Waals surface area contributed by atoms with Gasteiger partial charge in [0.25, 0.3) is 5.91 Å². The van der Waals surface area contributed by atoms with Crippen LogP contribution in [0.5, 0.6) is 0 Å². The molecular weight excluding hydrogens is 340 g/mol. The van der Waals surface area contributed by atoms with Crippen molar-refractivity contribution in [3.8, 4) is 0 Å². The molecule has 0 saturated heterocycles. The Morgan fingerprint density at radius 3 is 2.70 bits per heavy atom. The lowest BCUT2D eigenvalue weighted by Gasteiger charge is -2.24. The second kappa shape index (κ2) is 6.99. The summed E-state index contributed by atoms with van der Waals surface area (Å²) in [6, 6.07) is 12.7. The first-order valence-electron chi connectivity index (χ1n) is 9.42. The number of amides is 2. The molecule has 0 fully saturated rings. The van der Waals surface area contributed by atoms with Crippen molar-refractivity contribution in [3.63, 3.8) is 0 Å². The predicted molar refractivity (Wildman–Crippen MR) is 104 cm³/mol. The van der Waals surface area contributed by atoms with Gasteiger partial charge in [0, 0.05) is 24.1 Å². The summed E-state index contributed by atoms with van der Waals surface area (Å²) in [7, 11) is 0. The number of nitrogens with one attached hydrogen (secondary N) is 1. The molecule has 2 aromatic rings. The third kappa shape index (κ3) is 3.25. The molecule has 27 heavy (non-hydrogen) atoms. The third-order valence-electron chi connectivity index (χ3n) is 5.35. The fraction of sp³-hybridized carbons (Fsp3) is 0.318. The van der Waals surface area contributed by atoms with Crippen LogP contribution in [0.15, 0.2) is 42.5 Å². The smallest absolute Gasteiger partial charge is 0.258 e. The fourth-order valence-electron chi connectivity index (χ4n) is 3.82. The van der Waals surface area contributed by atoms with Crippen LogP contribution in [0.25, 0.3) is 0 Å². The van der Waals surface area contributed by atoms with Gasteiger partial charge in [-0.25, -0.2) is 0 Å². The lowest BCUT2D eigenvalue weighted by Crippen LogP contribution is -2.36. The minimum absolute atomic E-state index is 0.0923. The molecule has 1 heterocycles. The summed E-state index contributed by atoms with van der Waals surface area (Å²) in [5.41, 5.74) is 3.59. The van der Waals surface area contributed by atoms with Gasteiger partial charge in [-0.05, 0) is 49.1 Å². The predicted octanol–water partition coefficient (Wildman–Crippen LogP) is 3.83. The zero-order valence-corrected chi connectivity index (χ0v) is 15.3. The molecule has 138 valence electrons. The maximum Gasteiger partial charge on any atom is 0.258 e. The Morgan fingerprint density at radius 2 is 1.85 bits per heavy atom. The SMILES string of the molecule is CC1CN(C(=O)c2ccc3c(c2)CCCCC3=O)c2ccccc2NC1=O. The molecule has 5 heteroatoms. The van der Waals surface area contributed by atoms with Crippen molar-refractivity contribution in [2.45, 2.75) is 32.6 Å². The van der Waals surface area contributed by atoms with Crippen molar-refractivity contribution in [1.82, 2.24) is 0 Å². The number of hydrogen-bond acceptors (Lipinski definition) is 3. The Bertz CT molecular complexity index is 935. The quantitative estimate of drug-likeness (QED) is 0.784. The Hall–Kier alpha value is -2.95. The average Bonchev–Trinajstić information content (AvgIpc) is 2.94. The lowest BCUT2D eigenvalue weighted by atomic mass is 9.98. The molecule has 0 radical (unpaired) electrons. The summed E-state index contributed by atoms with van der Waals surface area (Å²) in [4.78, 5) is 39.5. The van der Waals surface area contributed by atoms with E-state index in [9.17, 15) is 14.4 Å². The molecule has 2 aromatic carbocycles. The van der Waals surface area contributed by atoms with E-state index >= 15 is 0 Å². The second-order valence-corrected chi connectivity index (χ2v) is 7.33. The van der Waals surface area contributed by atoms with E-state index < -0.39 is 0 Å². The summed E-state index contributed by atoms with van der Waals surface area (Å²) in [5.74, 6) is -0.399. The van der Waals surface area contributed by atoms with E-state index in [-0.39, 0.29) is 23.5 Å². The Balaban J connectivity index is 1.73. The zero-order chi connectivity index (χ0) is 19.0. The summed E-state index contributed by atoms with van der Waals surface area (Å²) in [6.07, 6.45) is 3.24. The highest BCUT2D eigenvalue weighted by Crippen LogP contribution is 2.31. The largest absolute Gasteiger partial charge is 0.324 e. The molecule has 1 atom stereocenters. The van der Waals surface area contributed by atoms with Crippen molar-refractivity contribution < 1.29 is 14.4 Å². The maximum absolute atomic E-state index is 13.3. The molecule has 2 amide bonds.